The predicted octanol–water partition coefficient (Wildman–Crippen LogP) is -0.265. The van der Waals surface area contributed by atoms with Crippen molar-refractivity contribution in [1.29, 1.82) is 0 Å². The molecule has 0 aromatic rings. The number of hydrogen-bond donors (Lipinski definition) is 3. The van der Waals surface area contributed by atoms with Crippen LogP contribution in [0.25, 0.3) is 0 Å². The number of aliphatic imine (C=N–C) groups is 1. The van der Waals surface area contributed by atoms with Crippen molar-refractivity contribution >= 4 is 5.96 Å². The van der Waals surface area contributed by atoms with Crippen LogP contribution in [0.15, 0.2) is 16.9 Å². The van der Waals surface area contributed by atoms with Gasteiger partial charge in [-0.1, -0.05) is 6.92 Å². The lowest BCUT2D eigenvalue weighted by Gasteiger charge is -2.32. The molecule has 0 aromatic carbocycles. The number of rotatable bonds is 3. The summed E-state index contributed by atoms with van der Waals surface area (Å²) < 4.78 is 0. The molecule has 0 fully saturated rings. The molecule has 0 spiro atoms. The van der Waals surface area contributed by atoms with E-state index in [9.17, 15) is 5.21 Å². The Morgan fingerprint density at radius 3 is 2.87 bits per heavy atom. The van der Waals surface area contributed by atoms with Gasteiger partial charge in [0.15, 0.2) is 0 Å². The fourth-order valence-electron chi connectivity index (χ4n) is 1.20. The topological polar surface area (TPSA) is 77.1 Å². The lowest BCUT2D eigenvalue weighted by molar-refractivity contribution is 0.00786. The molecule has 0 saturated carbocycles. The van der Waals surface area contributed by atoms with E-state index in [-0.39, 0.29) is 6.17 Å². The van der Waals surface area contributed by atoms with E-state index in [2.05, 4.69) is 10.3 Å². The minimum absolute atomic E-state index is 0.0380. The van der Waals surface area contributed by atoms with Crippen molar-refractivity contribution in [3.8, 4) is 0 Å². The fourth-order valence-corrected chi connectivity index (χ4v) is 1.20. The van der Waals surface area contributed by atoms with Crippen LogP contribution in [0.2, 0.25) is 0 Å². The van der Waals surface area contributed by atoms with Crippen LogP contribution in [0.4, 0.5) is 0 Å². The summed E-state index contributed by atoms with van der Waals surface area (Å²) in [7, 11) is 3.85. The van der Waals surface area contributed by atoms with Gasteiger partial charge in [-0.25, -0.2) is 0 Å². The van der Waals surface area contributed by atoms with E-state index in [1.54, 1.807) is 6.08 Å². The zero-order valence-corrected chi connectivity index (χ0v) is 9.44. The van der Waals surface area contributed by atoms with E-state index in [4.69, 9.17) is 5.73 Å². The SMILES string of the molecule is CCCN=C1NC(N(C)C)C=C(N)N1O. The maximum absolute atomic E-state index is 9.59. The molecule has 0 aliphatic carbocycles. The van der Waals surface area contributed by atoms with Gasteiger partial charge in [0.25, 0.3) is 0 Å². The molecule has 0 aromatic heterocycles. The Bertz CT molecular complexity index is 274. The lowest BCUT2D eigenvalue weighted by Crippen LogP contribution is -2.54. The van der Waals surface area contributed by atoms with Crippen LogP contribution in [0.5, 0.6) is 0 Å². The molecule has 1 atom stereocenters. The second-order valence-electron chi connectivity index (χ2n) is 3.66. The number of guanidine groups is 1. The van der Waals surface area contributed by atoms with Crippen LogP contribution in [-0.2, 0) is 0 Å². The van der Waals surface area contributed by atoms with E-state index < -0.39 is 0 Å². The number of hydrogen-bond acceptors (Lipinski definition) is 4. The summed E-state index contributed by atoms with van der Waals surface area (Å²) in [6.07, 6.45) is 2.62. The van der Waals surface area contributed by atoms with Crippen molar-refractivity contribution in [1.82, 2.24) is 15.3 Å². The third-order valence-electron chi connectivity index (χ3n) is 2.09. The van der Waals surface area contributed by atoms with Gasteiger partial charge in [-0.15, -0.1) is 0 Å². The minimum Gasteiger partial charge on any atom is -0.383 e. The van der Waals surface area contributed by atoms with E-state index in [0.29, 0.717) is 18.3 Å². The van der Waals surface area contributed by atoms with Gasteiger partial charge in [0.05, 0.1) is 0 Å². The molecule has 1 aliphatic heterocycles. The first-order valence-corrected chi connectivity index (χ1v) is 5.00. The molecule has 1 heterocycles. The van der Waals surface area contributed by atoms with Gasteiger partial charge in [0, 0.05) is 6.54 Å². The smallest absolute Gasteiger partial charge is 0.226 e. The average Bonchev–Trinajstić information content (AvgIpc) is 2.19. The number of hydroxylamine groups is 2. The van der Waals surface area contributed by atoms with Gasteiger partial charge in [-0.3, -0.25) is 15.1 Å². The summed E-state index contributed by atoms with van der Waals surface area (Å²) >= 11 is 0. The van der Waals surface area contributed by atoms with E-state index in [1.165, 1.54) is 0 Å². The van der Waals surface area contributed by atoms with Gasteiger partial charge in [0.2, 0.25) is 5.96 Å². The number of likely N-dealkylation sites (N-methyl/N-ethyl adjacent to an activating group) is 1. The zero-order chi connectivity index (χ0) is 11.4. The summed E-state index contributed by atoms with van der Waals surface area (Å²) in [4.78, 5) is 6.15. The summed E-state index contributed by atoms with van der Waals surface area (Å²) in [6.45, 7) is 2.68. The maximum Gasteiger partial charge on any atom is 0.226 e. The Morgan fingerprint density at radius 2 is 2.33 bits per heavy atom. The van der Waals surface area contributed by atoms with Gasteiger partial charge in [-0.2, -0.15) is 5.06 Å². The zero-order valence-electron chi connectivity index (χ0n) is 9.44. The van der Waals surface area contributed by atoms with Crippen LogP contribution in [-0.4, -0.2) is 47.9 Å². The molecule has 1 unspecified atom stereocenters. The van der Waals surface area contributed by atoms with E-state index in [0.717, 1.165) is 11.5 Å². The Kier molecular flexibility index (Phi) is 3.93. The van der Waals surface area contributed by atoms with Crippen molar-refractivity contribution in [2.24, 2.45) is 10.7 Å². The number of nitrogens with two attached hydrogens (primary N) is 1. The molecule has 0 amide bonds. The highest BCUT2D eigenvalue weighted by molar-refractivity contribution is 5.81. The third kappa shape index (κ3) is 2.84. The highest BCUT2D eigenvalue weighted by Crippen LogP contribution is 2.06. The second-order valence-corrected chi connectivity index (χ2v) is 3.66. The first-order chi connectivity index (χ1) is 7.06. The van der Waals surface area contributed by atoms with Crippen LogP contribution in [0, 0.1) is 0 Å². The Morgan fingerprint density at radius 1 is 1.67 bits per heavy atom. The standard InChI is InChI=1S/C9H19N5O/c1-4-5-11-9-12-8(13(2)3)6-7(10)14(9)15/h6,8,15H,4-5,10H2,1-3H3,(H,11,12). The normalized spacial score (nSPS) is 24.3. The van der Waals surface area contributed by atoms with E-state index >= 15 is 0 Å². The number of nitrogens with one attached hydrogen (secondary N) is 1. The molecule has 86 valence electrons. The van der Waals surface area contributed by atoms with Crippen LogP contribution in [0.3, 0.4) is 0 Å². The summed E-state index contributed by atoms with van der Waals surface area (Å²) in [5, 5.41) is 13.5. The third-order valence-corrected chi connectivity index (χ3v) is 2.09. The largest absolute Gasteiger partial charge is 0.383 e. The molecule has 15 heavy (non-hydrogen) atoms. The monoisotopic (exact) mass is 213 g/mol. The van der Waals surface area contributed by atoms with Crippen molar-refractivity contribution in [3.63, 3.8) is 0 Å². The Hall–Kier alpha value is -1.27. The van der Waals surface area contributed by atoms with Gasteiger partial charge < -0.3 is 11.1 Å². The summed E-state index contributed by atoms with van der Waals surface area (Å²) in [6, 6.07) is 0. The predicted molar refractivity (Wildman–Crippen MR) is 59.1 cm³/mol. The highest BCUT2D eigenvalue weighted by Gasteiger charge is 2.22. The molecule has 6 heteroatoms. The molecule has 0 bridgehead atoms. The van der Waals surface area contributed by atoms with Gasteiger partial charge in [0.1, 0.15) is 12.0 Å². The van der Waals surface area contributed by atoms with Crippen LogP contribution >= 0.6 is 0 Å². The first-order valence-electron chi connectivity index (χ1n) is 5.00. The summed E-state index contributed by atoms with van der Waals surface area (Å²) in [5.74, 6) is 0.692. The van der Waals surface area contributed by atoms with Gasteiger partial charge in [-0.05, 0) is 26.6 Å². The molecular weight excluding hydrogens is 194 g/mol. The molecule has 1 rings (SSSR count). The first kappa shape index (κ1) is 11.8. The lowest BCUT2D eigenvalue weighted by atomic mass is 10.3. The second kappa shape index (κ2) is 4.99. The van der Waals surface area contributed by atoms with Gasteiger partial charge >= 0.3 is 0 Å². The van der Waals surface area contributed by atoms with Crippen molar-refractivity contribution < 1.29 is 5.21 Å². The van der Waals surface area contributed by atoms with E-state index in [1.807, 2.05) is 25.9 Å². The van der Waals surface area contributed by atoms with Crippen molar-refractivity contribution in [2.75, 3.05) is 20.6 Å². The minimum atomic E-state index is -0.0380. The number of nitrogens with zero attached hydrogens (tertiary/aromatic N) is 3. The van der Waals surface area contributed by atoms with Crippen molar-refractivity contribution in [3.05, 3.63) is 11.9 Å². The highest BCUT2D eigenvalue weighted by atomic mass is 16.5. The maximum atomic E-state index is 9.59. The Balaban J connectivity index is 2.80. The van der Waals surface area contributed by atoms with Crippen LogP contribution in [0.1, 0.15) is 13.3 Å². The average molecular weight is 213 g/mol. The molecule has 0 saturated heterocycles. The van der Waals surface area contributed by atoms with Crippen molar-refractivity contribution in [2.45, 2.75) is 19.5 Å². The molecule has 0 radical (unpaired) electrons. The molecule has 1 aliphatic rings. The molecule has 4 N–H and O–H groups in total. The summed E-state index contributed by atoms with van der Waals surface area (Å²) in [5.41, 5.74) is 5.66. The van der Waals surface area contributed by atoms with Crippen LogP contribution < -0.4 is 11.1 Å². The molecular formula is C9H19N5O. The molecule has 6 nitrogen and oxygen atoms in total. The Labute approximate surface area is 90.0 Å². The quantitative estimate of drug-likeness (QED) is 0.602. The fraction of sp³-hybridized carbons (Fsp3) is 0.667.